The van der Waals surface area contributed by atoms with Crippen LogP contribution in [0, 0.1) is 11.8 Å². The van der Waals surface area contributed by atoms with Crippen molar-refractivity contribution in [3.05, 3.63) is 70.8 Å². The summed E-state index contributed by atoms with van der Waals surface area (Å²) < 4.78 is 0. The minimum absolute atomic E-state index is 0.0215. The normalized spacial score (nSPS) is 22.4. The van der Waals surface area contributed by atoms with Gasteiger partial charge in [0.05, 0.1) is 24.7 Å². The highest BCUT2D eigenvalue weighted by molar-refractivity contribution is 5.94. The van der Waals surface area contributed by atoms with Gasteiger partial charge in [-0.2, -0.15) is 0 Å². The van der Waals surface area contributed by atoms with Crippen LogP contribution in [0.25, 0.3) is 0 Å². The summed E-state index contributed by atoms with van der Waals surface area (Å²) in [6, 6.07) is 11.9. The molecule has 0 aromatic heterocycles. The van der Waals surface area contributed by atoms with Crippen LogP contribution in [0.1, 0.15) is 118 Å². The Kier molecular flexibility index (Phi) is 16.3. The topological polar surface area (TPSA) is 181 Å². The van der Waals surface area contributed by atoms with Gasteiger partial charge >= 0.3 is 0 Å². The molecule has 0 radical (unpaired) electrons. The number of hydrogen-bond acceptors (Lipinski definition) is 8. The summed E-state index contributed by atoms with van der Waals surface area (Å²) >= 11 is 0. The lowest BCUT2D eigenvalue weighted by molar-refractivity contribution is -0.145. The number of aryl methyl sites for hydroxylation is 2. The Bertz CT molecular complexity index is 1960. The molecule has 0 bridgehead atoms. The van der Waals surface area contributed by atoms with Gasteiger partial charge in [0.15, 0.2) is 0 Å². The van der Waals surface area contributed by atoms with Crippen LogP contribution in [0.3, 0.4) is 0 Å². The number of amides is 6. The van der Waals surface area contributed by atoms with E-state index in [1.165, 1.54) is 11.1 Å². The number of nitrogens with zero attached hydrogens (tertiary/aromatic N) is 2. The highest BCUT2D eigenvalue weighted by Crippen LogP contribution is 2.32. The smallest absolute Gasteiger partial charge is 0.246 e. The Morgan fingerprint density at radius 2 is 1.11 bits per heavy atom. The second-order valence-electron chi connectivity index (χ2n) is 16.9. The van der Waals surface area contributed by atoms with Gasteiger partial charge in [-0.05, 0) is 120 Å². The molecular formula is C47H64N8O6. The molecule has 2 aromatic rings. The number of nitrogens with one attached hydrogen (secondary N) is 6. The average molecular weight is 837 g/mol. The molecule has 2 aliphatic heterocycles. The van der Waals surface area contributed by atoms with Gasteiger partial charge in [0.25, 0.3) is 0 Å². The van der Waals surface area contributed by atoms with Crippen LogP contribution in [-0.2, 0) is 41.6 Å². The van der Waals surface area contributed by atoms with Crippen LogP contribution in [0.15, 0.2) is 48.5 Å². The van der Waals surface area contributed by atoms with E-state index in [1.54, 1.807) is 30.8 Å². The third-order valence-electron chi connectivity index (χ3n) is 12.7. The third kappa shape index (κ3) is 11.6. The highest BCUT2D eigenvalue weighted by Gasteiger charge is 2.39. The number of likely N-dealkylation sites (tertiary alicyclic amines) is 2. The van der Waals surface area contributed by atoms with E-state index in [1.807, 2.05) is 24.3 Å². The van der Waals surface area contributed by atoms with E-state index in [9.17, 15) is 28.8 Å². The van der Waals surface area contributed by atoms with E-state index in [-0.39, 0.29) is 43.3 Å². The lowest BCUT2D eigenvalue weighted by atomic mass is 9.87. The first-order valence-corrected chi connectivity index (χ1v) is 22.3. The van der Waals surface area contributed by atoms with Gasteiger partial charge in [0.2, 0.25) is 35.4 Å². The number of rotatable bonds is 14. The number of benzene rings is 2. The van der Waals surface area contributed by atoms with Gasteiger partial charge in [-0.25, -0.2) is 0 Å². The van der Waals surface area contributed by atoms with Crippen molar-refractivity contribution >= 4 is 35.4 Å². The SMILES string of the molecule is CNCC(=O)N[C@@H](CC#CC[C@H](NC(=O)[C@H](C)NC)C(=O)N1CCCC[C@H]1C(=O)N[C@@H]1CCCc2ccccc21)C(=O)N1CCCC[C@H]1C(=O)N[C@@H]1CCCc2ccccc21. The second-order valence-corrected chi connectivity index (χ2v) is 16.9. The van der Waals surface area contributed by atoms with E-state index in [2.05, 4.69) is 68.0 Å². The predicted molar refractivity (Wildman–Crippen MR) is 233 cm³/mol. The molecule has 6 N–H and O–H groups in total. The maximum absolute atomic E-state index is 14.4. The zero-order valence-corrected chi connectivity index (χ0v) is 36.0. The Hall–Kier alpha value is -5.26. The fourth-order valence-electron chi connectivity index (χ4n) is 9.26. The van der Waals surface area contributed by atoms with Crippen molar-refractivity contribution in [2.75, 3.05) is 33.7 Å². The quantitative estimate of drug-likeness (QED) is 0.157. The number of hydrogen-bond donors (Lipinski definition) is 6. The lowest BCUT2D eigenvalue weighted by Gasteiger charge is -2.38. The van der Waals surface area contributed by atoms with Crippen LogP contribution in [0.4, 0.5) is 0 Å². The monoisotopic (exact) mass is 836 g/mol. The summed E-state index contributed by atoms with van der Waals surface area (Å²) in [6.45, 7) is 2.40. The Balaban J connectivity index is 1.16. The fourth-order valence-corrected chi connectivity index (χ4v) is 9.26. The summed E-state index contributed by atoms with van der Waals surface area (Å²) in [4.78, 5) is 85.9. The first kappa shape index (κ1) is 45.3. The minimum Gasteiger partial charge on any atom is -0.347 e. The first-order valence-electron chi connectivity index (χ1n) is 22.3. The summed E-state index contributed by atoms with van der Waals surface area (Å²) in [5, 5.41) is 17.9. The van der Waals surface area contributed by atoms with Gasteiger partial charge in [-0.3, -0.25) is 28.8 Å². The molecule has 2 saturated heterocycles. The van der Waals surface area contributed by atoms with Crippen molar-refractivity contribution in [2.45, 2.75) is 139 Å². The number of fused-ring (bicyclic) bond motifs is 2. The van der Waals surface area contributed by atoms with Crippen LogP contribution in [0.5, 0.6) is 0 Å². The van der Waals surface area contributed by atoms with Crippen LogP contribution in [-0.4, -0.2) is 109 Å². The number of piperidine rings is 2. The molecule has 0 saturated carbocycles. The summed E-state index contributed by atoms with van der Waals surface area (Å²) in [6.07, 6.45) is 9.38. The Morgan fingerprint density at radius 1 is 0.639 bits per heavy atom. The van der Waals surface area contributed by atoms with Crippen molar-refractivity contribution in [3.63, 3.8) is 0 Å². The largest absolute Gasteiger partial charge is 0.347 e. The molecule has 6 rings (SSSR count). The van der Waals surface area contributed by atoms with E-state index < -0.39 is 53.8 Å². The minimum atomic E-state index is -1.06. The summed E-state index contributed by atoms with van der Waals surface area (Å²) in [5.74, 6) is 4.07. The number of carbonyl (C=O) groups is 6. The molecular weight excluding hydrogens is 773 g/mol. The molecule has 7 atom stereocenters. The van der Waals surface area contributed by atoms with E-state index in [4.69, 9.17) is 0 Å². The van der Waals surface area contributed by atoms with Crippen molar-refractivity contribution in [2.24, 2.45) is 0 Å². The molecule has 328 valence electrons. The maximum atomic E-state index is 14.4. The zero-order chi connectivity index (χ0) is 43.3. The number of likely N-dealkylation sites (N-methyl/N-ethyl adjacent to an activating group) is 2. The molecule has 61 heavy (non-hydrogen) atoms. The van der Waals surface area contributed by atoms with Crippen LogP contribution in [0.2, 0.25) is 0 Å². The molecule has 14 nitrogen and oxygen atoms in total. The first-order chi connectivity index (χ1) is 29.6. The molecule has 2 heterocycles. The van der Waals surface area contributed by atoms with Crippen molar-refractivity contribution in [1.29, 1.82) is 0 Å². The predicted octanol–water partition coefficient (Wildman–Crippen LogP) is 2.72. The van der Waals surface area contributed by atoms with Crippen molar-refractivity contribution in [3.8, 4) is 11.8 Å². The molecule has 2 aromatic carbocycles. The van der Waals surface area contributed by atoms with Gasteiger partial charge in [-0.1, -0.05) is 48.5 Å². The molecule has 2 aliphatic carbocycles. The van der Waals surface area contributed by atoms with Crippen LogP contribution >= 0.6 is 0 Å². The fraction of sp³-hybridized carbons (Fsp3) is 0.574. The maximum Gasteiger partial charge on any atom is 0.246 e. The molecule has 2 fully saturated rings. The molecule has 4 aliphatic rings. The summed E-state index contributed by atoms with van der Waals surface area (Å²) in [7, 11) is 3.29. The van der Waals surface area contributed by atoms with E-state index in [0.29, 0.717) is 25.9 Å². The van der Waals surface area contributed by atoms with E-state index in [0.717, 1.165) is 75.3 Å². The molecule has 6 amide bonds. The van der Waals surface area contributed by atoms with Gasteiger partial charge in [-0.15, -0.1) is 11.8 Å². The van der Waals surface area contributed by atoms with Gasteiger partial charge in [0.1, 0.15) is 24.2 Å². The van der Waals surface area contributed by atoms with Crippen molar-refractivity contribution in [1.82, 2.24) is 41.7 Å². The highest BCUT2D eigenvalue weighted by atomic mass is 16.2. The zero-order valence-electron chi connectivity index (χ0n) is 36.0. The standard InChI is InChI=1S/C47H64N8O6/c1-31(49-3)43(57)53-39(47(61)55-29-13-11-27-41(55)45(59)52-37-25-15-19-33-17-5-7-21-35(33)37)23-9-8-22-38(50-42(56)30-48-2)46(60)54-28-12-10-26-40(54)44(58)51-36-24-14-18-32-16-4-6-20-34(32)36/h4-7,16-17,20-21,31,36-41,48-49H,10-15,18-19,22-30H2,1-3H3,(H,50,56)(H,51,58)(H,52,59)(H,53,57)/t31-,36+,37+,38-,39-,40-,41-/m0/s1. The molecule has 0 unspecified atom stereocenters. The van der Waals surface area contributed by atoms with Gasteiger partial charge < -0.3 is 41.7 Å². The summed E-state index contributed by atoms with van der Waals surface area (Å²) in [5.41, 5.74) is 4.68. The molecule has 14 heteroatoms. The lowest BCUT2D eigenvalue weighted by Crippen LogP contribution is -2.58. The second kappa shape index (κ2) is 22.0. The molecule has 0 spiro atoms. The Morgan fingerprint density at radius 3 is 1.59 bits per heavy atom. The number of carbonyl (C=O) groups excluding carboxylic acids is 6. The van der Waals surface area contributed by atoms with Crippen molar-refractivity contribution < 1.29 is 28.8 Å². The third-order valence-corrected chi connectivity index (χ3v) is 12.7. The Labute approximate surface area is 360 Å². The van der Waals surface area contributed by atoms with E-state index >= 15 is 0 Å². The van der Waals surface area contributed by atoms with Crippen LogP contribution < -0.4 is 31.9 Å². The average Bonchev–Trinajstić information content (AvgIpc) is 3.29. The van der Waals surface area contributed by atoms with Gasteiger partial charge in [0, 0.05) is 25.9 Å².